The van der Waals surface area contributed by atoms with E-state index in [0.717, 1.165) is 18.3 Å². The zero-order valence-electron chi connectivity index (χ0n) is 7.40. The molecule has 0 heterocycles. The fraction of sp³-hybridized carbons (Fsp3) is 0.125. The molecule has 0 aliphatic carbocycles. The molecule has 2 N–H and O–H groups in total. The molecule has 0 saturated carbocycles. The largest absolute Gasteiger partial charge is 0.323 e. The van der Waals surface area contributed by atoms with Crippen LogP contribution >= 0.6 is 0 Å². The van der Waals surface area contributed by atoms with Crippen molar-refractivity contribution in [3.05, 3.63) is 39.2 Å². The quantitative estimate of drug-likeness (QED) is 0.336. The fourth-order valence-corrected chi connectivity index (χ4v) is 1.11. The number of hydrogen-bond donors (Lipinski definition) is 1. The van der Waals surface area contributed by atoms with Crippen molar-refractivity contribution in [1.29, 1.82) is 0 Å². The summed E-state index contributed by atoms with van der Waals surface area (Å²) in [5.41, 5.74) is 0.104. The normalized spacial score (nSPS) is 10.7. The number of nitrogens with two attached hydrogens (primary N) is 1. The molecule has 5 nitrogen and oxygen atoms in total. The zero-order chi connectivity index (χ0) is 10.7. The maximum absolute atomic E-state index is 13.1. The topological polar surface area (TPSA) is 81.5 Å². The predicted octanol–water partition coefficient (Wildman–Crippen LogP) is 1.33. The van der Waals surface area contributed by atoms with Crippen LogP contribution in [0.4, 0.5) is 10.1 Å². The van der Waals surface area contributed by atoms with Gasteiger partial charge in [-0.05, 0) is 13.0 Å². The van der Waals surface area contributed by atoms with Crippen molar-refractivity contribution >= 4 is 11.9 Å². The molecule has 74 valence electrons. The summed E-state index contributed by atoms with van der Waals surface area (Å²) in [5, 5.41) is 13.6. The molecular formula is C8H8FN3O2. The Morgan fingerprint density at radius 1 is 1.64 bits per heavy atom. The smallest absolute Gasteiger partial charge is 0.273 e. The second kappa shape index (κ2) is 3.82. The number of nitrogens with zero attached hydrogens (tertiary/aromatic N) is 2. The molecule has 6 heteroatoms. The molecule has 0 atom stereocenters. The standard InChI is InChI=1S/C8H8FN3O2/c1-5-6(4-11-10)7(9)2-3-8(5)12(13)14/h2-4H,10H2,1H3. The van der Waals surface area contributed by atoms with Gasteiger partial charge < -0.3 is 5.84 Å². The summed E-state index contributed by atoms with van der Waals surface area (Å²) in [6.07, 6.45) is 1.05. The van der Waals surface area contributed by atoms with E-state index in [1.807, 2.05) is 0 Å². The zero-order valence-corrected chi connectivity index (χ0v) is 7.40. The van der Waals surface area contributed by atoms with Crippen LogP contribution in [0.2, 0.25) is 0 Å². The molecule has 0 fully saturated rings. The van der Waals surface area contributed by atoms with Gasteiger partial charge in [-0.25, -0.2) is 4.39 Å². The predicted molar refractivity (Wildman–Crippen MR) is 49.6 cm³/mol. The Morgan fingerprint density at radius 2 is 2.29 bits per heavy atom. The van der Waals surface area contributed by atoms with Crippen molar-refractivity contribution in [2.24, 2.45) is 10.9 Å². The summed E-state index contributed by atoms with van der Waals surface area (Å²) in [6.45, 7) is 1.44. The van der Waals surface area contributed by atoms with Gasteiger partial charge in [-0.15, -0.1) is 0 Å². The number of halogens is 1. The number of benzene rings is 1. The Hall–Kier alpha value is -1.98. The molecule has 0 bridgehead atoms. The molecule has 0 saturated heterocycles. The number of nitro groups is 1. The third-order valence-corrected chi connectivity index (χ3v) is 1.83. The van der Waals surface area contributed by atoms with Crippen molar-refractivity contribution < 1.29 is 9.31 Å². The fourth-order valence-electron chi connectivity index (χ4n) is 1.11. The molecule has 0 radical (unpaired) electrons. The van der Waals surface area contributed by atoms with E-state index in [9.17, 15) is 14.5 Å². The highest BCUT2D eigenvalue weighted by molar-refractivity contribution is 5.83. The first kappa shape index (κ1) is 10.1. The van der Waals surface area contributed by atoms with Gasteiger partial charge in [-0.2, -0.15) is 5.10 Å². The minimum atomic E-state index is -0.581. The van der Waals surface area contributed by atoms with E-state index in [1.165, 1.54) is 6.92 Å². The van der Waals surface area contributed by atoms with Gasteiger partial charge in [0.2, 0.25) is 0 Å². The third-order valence-electron chi connectivity index (χ3n) is 1.83. The number of nitro benzene ring substituents is 1. The second-order valence-electron chi connectivity index (χ2n) is 2.64. The van der Waals surface area contributed by atoms with Gasteiger partial charge in [0.25, 0.3) is 5.69 Å². The lowest BCUT2D eigenvalue weighted by molar-refractivity contribution is -0.385. The van der Waals surface area contributed by atoms with E-state index < -0.39 is 10.7 Å². The Balaban J connectivity index is 3.40. The van der Waals surface area contributed by atoms with Crippen LogP contribution < -0.4 is 5.84 Å². The average Bonchev–Trinajstić information content (AvgIpc) is 2.11. The van der Waals surface area contributed by atoms with Crippen LogP contribution in [-0.2, 0) is 0 Å². The van der Waals surface area contributed by atoms with E-state index in [1.54, 1.807) is 0 Å². The number of rotatable bonds is 2. The highest BCUT2D eigenvalue weighted by Gasteiger charge is 2.15. The van der Waals surface area contributed by atoms with Gasteiger partial charge >= 0.3 is 0 Å². The van der Waals surface area contributed by atoms with Crippen molar-refractivity contribution in [3.63, 3.8) is 0 Å². The second-order valence-corrected chi connectivity index (χ2v) is 2.64. The summed E-state index contributed by atoms with van der Waals surface area (Å²) >= 11 is 0. The SMILES string of the molecule is Cc1c([N+](=O)[O-])ccc(F)c1C=NN. The average molecular weight is 197 g/mol. The highest BCUT2D eigenvalue weighted by Crippen LogP contribution is 2.22. The lowest BCUT2D eigenvalue weighted by Crippen LogP contribution is -2.00. The van der Waals surface area contributed by atoms with Crippen molar-refractivity contribution in [1.82, 2.24) is 0 Å². The van der Waals surface area contributed by atoms with Crippen LogP contribution in [0, 0.1) is 22.9 Å². The van der Waals surface area contributed by atoms with E-state index in [4.69, 9.17) is 5.84 Å². The van der Waals surface area contributed by atoms with Gasteiger partial charge in [0.1, 0.15) is 5.82 Å². The van der Waals surface area contributed by atoms with Crippen molar-refractivity contribution in [3.8, 4) is 0 Å². The molecule has 1 rings (SSSR count). The van der Waals surface area contributed by atoms with Crippen LogP contribution in [0.5, 0.6) is 0 Å². The lowest BCUT2D eigenvalue weighted by atomic mass is 10.1. The van der Waals surface area contributed by atoms with Crippen LogP contribution in [0.3, 0.4) is 0 Å². The van der Waals surface area contributed by atoms with Crippen LogP contribution in [0.15, 0.2) is 17.2 Å². The maximum atomic E-state index is 13.1. The van der Waals surface area contributed by atoms with Crippen LogP contribution in [0.25, 0.3) is 0 Å². The number of hydrazone groups is 1. The van der Waals surface area contributed by atoms with Gasteiger partial charge in [0.15, 0.2) is 0 Å². The van der Waals surface area contributed by atoms with Crippen molar-refractivity contribution in [2.45, 2.75) is 6.92 Å². The minimum Gasteiger partial charge on any atom is -0.323 e. The lowest BCUT2D eigenvalue weighted by Gasteiger charge is -2.01. The Labute approximate surface area is 79.2 Å². The molecule has 0 aliphatic heterocycles. The Bertz CT molecular complexity index is 404. The summed E-state index contributed by atoms with van der Waals surface area (Å²) in [5.74, 6) is 4.28. The Kier molecular flexibility index (Phi) is 2.76. The molecular weight excluding hydrogens is 189 g/mol. The molecule has 14 heavy (non-hydrogen) atoms. The van der Waals surface area contributed by atoms with E-state index in [-0.39, 0.29) is 16.8 Å². The van der Waals surface area contributed by atoms with Gasteiger partial charge in [0.05, 0.1) is 11.1 Å². The summed E-state index contributed by atoms with van der Waals surface area (Å²) in [6, 6.07) is 2.13. The molecule has 0 aromatic heterocycles. The van der Waals surface area contributed by atoms with E-state index >= 15 is 0 Å². The first-order valence-corrected chi connectivity index (χ1v) is 3.74. The highest BCUT2D eigenvalue weighted by atomic mass is 19.1. The molecule has 0 aliphatic rings. The molecule has 0 amide bonds. The molecule has 0 unspecified atom stereocenters. The number of hydrogen-bond acceptors (Lipinski definition) is 4. The first-order valence-electron chi connectivity index (χ1n) is 3.74. The summed E-state index contributed by atoms with van der Waals surface area (Å²) in [4.78, 5) is 9.92. The van der Waals surface area contributed by atoms with E-state index in [0.29, 0.717) is 0 Å². The summed E-state index contributed by atoms with van der Waals surface area (Å²) in [7, 11) is 0. The maximum Gasteiger partial charge on any atom is 0.273 e. The summed E-state index contributed by atoms with van der Waals surface area (Å²) < 4.78 is 13.1. The molecule has 0 spiro atoms. The van der Waals surface area contributed by atoms with Crippen LogP contribution in [-0.4, -0.2) is 11.1 Å². The Morgan fingerprint density at radius 3 is 2.79 bits per heavy atom. The van der Waals surface area contributed by atoms with Crippen LogP contribution in [0.1, 0.15) is 11.1 Å². The molecule has 1 aromatic rings. The molecule has 1 aromatic carbocycles. The monoisotopic (exact) mass is 197 g/mol. The van der Waals surface area contributed by atoms with Crippen molar-refractivity contribution in [2.75, 3.05) is 0 Å². The van der Waals surface area contributed by atoms with Gasteiger partial charge in [0, 0.05) is 17.2 Å². The van der Waals surface area contributed by atoms with E-state index in [2.05, 4.69) is 5.10 Å². The van der Waals surface area contributed by atoms with Gasteiger partial charge in [-0.1, -0.05) is 0 Å². The minimum absolute atomic E-state index is 0.0432. The van der Waals surface area contributed by atoms with Gasteiger partial charge in [-0.3, -0.25) is 10.1 Å². The first-order chi connectivity index (χ1) is 6.57. The third kappa shape index (κ3) is 1.68.